The van der Waals surface area contributed by atoms with Crippen molar-refractivity contribution in [1.29, 1.82) is 0 Å². The molecule has 5 nitrogen and oxygen atoms in total. The van der Waals surface area contributed by atoms with E-state index in [1.54, 1.807) is 6.20 Å². The predicted octanol–water partition coefficient (Wildman–Crippen LogP) is 5.22. The zero-order valence-electron chi connectivity index (χ0n) is 14.9. The Morgan fingerprint density at radius 3 is 2.52 bits per heavy atom. The van der Waals surface area contributed by atoms with Gasteiger partial charge in [-0.25, -0.2) is 9.97 Å². The molecule has 2 heterocycles. The van der Waals surface area contributed by atoms with Crippen molar-refractivity contribution in [3.63, 3.8) is 0 Å². The molecule has 1 N–H and O–H groups in total. The van der Waals surface area contributed by atoms with Gasteiger partial charge in [-0.2, -0.15) is 5.10 Å². The normalized spacial score (nSPS) is 11.1. The lowest BCUT2D eigenvalue weighted by atomic mass is 10.0. The van der Waals surface area contributed by atoms with Crippen LogP contribution in [0.15, 0.2) is 41.0 Å². The second-order valence-corrected chi connectivity index (χ2v) is 7.12. The number of nitrogens with one attached hydrogen (secondary N) is 1. The van der Waals surface area contributed by atoms with E-state index in [1.807, 2.05) is 19.1 Å². The van der Waals surface area contributed by atoms with Gasteiger partial charge in [0.05, 0.1) is 11.4 Å². The predicted molar refractivity (Wildman–Crippen MR) is 105 cm³/mol. The molecule has 0 radical (unpaired) electrons. The molecular weight excluding hydrogens is 378 g/mol. The number of anilines is 2. The summed E-state index contributed by atoms with van der Waals surface area (Å²) in [5, 5.41) is 7.07. The zero-order chi connectivity index (χ0) is 18.0. The van der Waals surface area contributed by atoms with Gasteiger partial charge >= 0.3 is 0 Å². The minimum atomic E-state index is 0.488. The highest BCUT2D eigenvalue weighted by molar-refractivity contribution is 9.10. The molecule has 130 valence electrons. The molecule has 0 aliphatic carbocycles. The van der Waals surface area contributed by atoms with E-state index in [0.29, 0.717) is 11.9 Å². The van der Waals surface area contributed by atoms with E-state index < -0.39 is 0 Å². The number of hydrogen-bond donors (Lipinski definition) is 1. The molecule has 6 heteroatoms. The number of halogens is 1. The first-order valence-corrected chi connectivity index (χ1v) is 9.21. The van der Waals surface area contributed by atoms with Crippen LogP contribution in [0.1, 0.15) is 37.9 Å². The average molecular weight is 400 g/mol. The standard InChI is InChI=1S/C19H22BrN5/c1-5-25(18-7-6-14(12(2)3)11-15(18)20)19-22-13(4)10-17(23-19)16-8-9-21-24-16/h6-12H,5H2,1-4H3,(H,21,24). The highest BCUT2D eigenvalue weighted by Crippen LogP contribution is 2.33. The quantitative estimate of drug-likeness (QED) is 0.638. The number of aromatic amines is 1. The van der Waals surface area contributed by atoms with Crippen molar-refractivity contribution in [2.24, 2.45) is 0 Å². The van der Waals surface area contributed by atoms with E-state index in [0.717, 1.165) is 33.8 Å². The van der Waals surface area contributed by atoms with E-state index in [4.69, 9.17) is 4.98 Å². The lowest BCUT2D eigenvalue weighted by molar-refractivity contribution is 0.863. The van der Waals surface area contributed by atoms with Crippen molar-refractivity contribution in [2.45, 2.75) is 33.6 Å². The molecule has 0 spiro atoms. The molecule has 0 atom stereocenters. The van der Waals surface area contributed by atoms with Gasteiger partial charge in [0.25, 0.3) is 0 Å². The Kier molecular flexibility index (Phi) is 5.18. The van der Waals surface area contributed by atoms with Gasteiger partial charge in [-0.05, 0) is 65.5 Å². The first-order valence-electron chi connectivity index (χ1n) is 8.42. The molecule has 1 aromatic carbocycles. The summed E-state index contributed by atoms with van der Waals surface area (Å²) < 4.78 is 1.05. The van der Waals surface area contributed by atoms with Crippen LogP contribution in [0.4, 0.5) is 11.6 Å². The summed E-state index contributed by atoms with van der Waals surface area (Å²) in [6.07, 6.45) is 1.80. The van der Waals surface area contributed by atoms with Gasteiger partial charge < -0.3 is 4.90 Å². The van der Waals surface area contributed by atoms with Gasteiger partial charge in [0.1, 0.15) is 5.69 Å². The van der Waals surface area contributed by atoms with Crippen LogP contribution < -0.4 is 4.90 Å². The summed E-state index contributed by atoms with van der Waals surface area (Å²) in [6.45, 7) is 9.23. The van der Waals surface area contributed by atoms with Crippen LogP contribution in [0.5, 0.6) is 0 Å². The maximum absolute atomic E-state index is 4.73. The molecule has 3 rings (SSSR count). The SMILES string of the molecule is CCN(c1nc(C)cc(-c2cc[nH]n2)n1)c1ccc(C(C)C)cc1Br. The van der Waals surface area contributed by atoms with Gasteiger partial charge in [0.15, 0.2) is 0 Å². The second-order valence-electron chi connectivity index (χ2n) is 6.26. The van der Waals surface area contributed by atoms with E-state index in [2.05, 4.69) is 75.0 Å². The number of aryl methyl sites for hydroxylation is 1. The van der Waals surface area contributed by atoms with Crippen LogP contribution in [0.25, 0.3) is 11.4 Å². The van der Waals surface area contributed by atoms with Crippen LogP contribution >= 0.6 is 15.9 Å². The van der Waals surface area contributed by atoms with Crippen molar-refractivity contribution in [1.82, 2.24) is 20.2 Å². The third kappa shape index (κ3) is 3.74. The van der Waals surface area contributed by atoms with Crippen LogP contribution in [-0.2, 0) is 0 Å². The van der Waals surface area contributed by atoms with Crippen LogP contribution in [0.2, 0.25) is 0 Å². The maximum Gasteiger partial charge on any atom is 0.230 e. The van der Waals surface area contributed by atoms with Crippen molar-refractivity contribution in [3.8, 4) is 11.4 Å². The third-order valence-corrected chi connectivity index (χ3v) is 4.73. The molecule has 0 amide bonds. The second kappa shape index (κ2) is 7.35. The van der Waals surface area contributed by atoms with Crippen LogP contribution in [0, 0.1) is 6.92 Å². The number of hydrogen-bond acceptors (Lipinski definition) is 4. The molecule has 2 aromatic heterocycles. The van der Waals surface area contributed by atoms with Gasteiger partial charge in [-0.1, -0.05) is 19.9 Å². The smallest absolute Gasteiger partial charge is 0.230 e. The number of rotatable bonds is 5. The lowest BCUT2D eigenvalue weighted by Gasteiger charge is -2.23. The minimum Gasteiger partial charge on any atom is -0.310 e. The number of benzene rings is 1. The van der Waals surface area contributed by atoms with Crippen LogP contribution in [-0.4, -0.2) is 26.7 Å². The van der Waals surface area contributed by atoms with Gasteiger partial charge in [-0.15, -0.1) is 0 Å². The number of H-pyrrole nitrogens is 1. The Balaban J connectivity index is 2.04. The summed E-state index contributed by atoms with van der Waals surface area (Å²) in [6, 6.07) is 10.3. The monoisotopic (exact) mass is 399 g/mol. The first-order chi connectivity index (χ1) is 12.0. The topological polar surface area (TPSA) is 57.7 Å². The Bertz CT molecular complexity index is 858. The van der Waals surface area contributed by atoms with Gasteiger partial charge in [0, 0.05) is 22.9 Å². The zero-order valence-corrected chi connectivity index (χ0v) is 16.5. The molecule has 0 fully saturated rings. The van der Waals surface area contributed by atoms with E-state index >= 15 is 0 Å². The van der Waals surface area contributed by atoms with E-state index in [1.165, 1.54) is 5.56 Å². The largest absolute Gasteiger partial charge is 0.310 e. The Labute approximate surface area is 156 Å². The fourth-order valence-electron chi connectivity index (χ4n) is 2.73. The molecule has 0 aliphatic rings. The third-order valence-electron chi connectivity index (χ3n) is 4.09. The Hall–Kier alpha value is -2.21. The van der Waals surface area contributed by atoms with Gasteiger partial charge in [-0.3, -0.25) is 5.10 Å². The Morgan fingerprint density at radius 1 is 1.12 bits per heavy atom. The fourth-order valence-corrected chi connectivity index (χ4v) is 3.34. The fraction of sp³-hybridized carbons (Fsp3) is 0.316. The lowest BCUT2D eigenvalue weighted by Crippen LogP contribution is -2.20. The molecule has 0 saturated carbocycles. The molecule has 0 saturated heterocycles. The molecule has 3 aromatic rings. The van der Waals surface area contributed by atoms with Crippen molar-refractivity contribution < 1.29 is 0 Å². The van der Waals surface area contributed by atoms with Gasteiger partial charge in [0.2, 0.25) is 5.95 Å². The number of aromatic nitrogens is 4. The Morgan fingerprint density at radius 2 is 1.92 bits per heavy atom. The summed E-state index contributed by atoms with van der Waals surface area (Å²) in [5.74, 6) is 1.17. The molecule has 0 aliphatic heterocycles. The van der Waals surface area contributed by atoms with Crippen molar-refractivity contribution in [3.05, 3.63) is 52.3 Å². The molecular formula is C19H22BrN5. The average Bonchev–Trinajstić information content (AvgIpc) is 3.11. The van der Waals surface area contributed by atoms with E-state index in [-0.39, 0.29) is 0 Å². The summed E-state index contributed by atoms with van der Waals surface area (Å²) in [7, 11) is 0. The van der Waals surface area contributed by atoms with Crippen LogP contribution in [0.3, 0.4) is 0 Å². The van der Waals surface area contributed by atoms with E-state index in [9.17, 15) is 0 Å². The summed E-state index contributed by atoms with van der Waals surface area (Å²) >= 11 is 3.72. The number of nitrogens with zero attached hydrogens (tertiary/aromatic N) is 4. The minimum absolute atomic E-state index is 0.488. The molecule has 0 bridgehead atoms. The molecule has 0 unspecified atom stereocenters. The summed E-state index contributed by atoms with van der Waals surface area (Å²) in [4.78, 5) is 11.5. The summed E-state index contributed by atoms with van der Waals surface area (Å²) in [5.41, 5.74) is 4.91. The maximum atomic E-state index is 4.73. The highest BCUT2D eigenvalue weighted by Gasteiger charge is 2.16. The van der Waals surface area contributed by atoms with Crippen molar-refractivity contribution in [2.75, 3.05) is 11.4 Å². The molecule has 25 heavy (non-hydrogen) atoms. The first kappa shape index (κ1) is 17.6. The van der Waals surface area contributed by atoms with Crippen molar-refractivity contribution >= 4 is 27.6 Å². The highest BCUT2D eigenvalue weighted by atomic mass is 79.9.